The number of aromatic nitrogens is 1. The van der Waals surface area contributed by atoms with Crippen molar-refractivity contribution in [3.05, 3.63) is 33.2 Å². The van der Waals surface area contributed by atoms with Gasteiger partial charge in [-0.1, -0.05) is 13.8 Å². The highest BCUT2D eigenvalue weighted by Crippen LogP contribution is 2.08. The maximum Gasteiger partial charge on any atom is 0.251 e. The van der Waals surface area contributed by atoms with Crippen LogP contribution in [-0.4, -0.2) is 4.98 Å². The molecule has 1 aromatic rings. The summed E-state index contributed by atoms with van der Waals surface area (Å²) in [6, 6.07) is 2.03. The van der Waals surface area contributed by atoms with Crippen molar-refractivity contribution >= 4 is 0 Å². The van der Waals surface area contributed by atoms with Crippen LogP contribution in [0.15, 0.2) is 10.9 Å². The van der Waals surface area contributed by atoms with Crippen molar-refractivity contribution < 1.29 is 0 Å². The third kappa shape index (κ3) is 2.44. The van der Waals surface area contributed by atoms with E-state index in [4.69, 9.17) is 0 Å². The molecule has 0 aliphatic carbocycles. The van der Waals surface area contributed by atoms with Crippen LogP contribution in [0.2, 0.25) is 0 Å². The number of hydrogen-bond acceptors (Lipinski definition) is 1. The Hall–Kier alpha value is -1.05. The fourth-order valence-corrected chi connectivity index (χ4v) is 1.54. The first kappa shape index (κ1) is 10.0. The molecule has 1 heterocycles. The molecule has 0 aliphatic heterocycles. The molecule has 72 valence electrons. The lowest BCUT2D eigenvalue weighted by Gasteiger charge is -2.07. The first-order chi connectivity index (χ1) is 6.00. The Kier molecular flexibility index (Phi) is 2.91. The fourth-order valence-electron chi connectivity index (χ4n) is 1.54. The van der Waals surface area contributed by atoms with Crippen LogP contribution in [0.25, 0.3) is 0 Å². The summed E-state index contributed by atoms with van der Waals surface area (Å²) in [6.45, 7) is 8.16. The second kappa shape index (κ2) is 3.77. The van der Waals surface area contributed by atoms with Crippen molar-refractivity contribution in [2.24, 2.45) is 5.92 Å². The predicted molar refractivity (Wildman–Crippen MR) is 55.1 cm³/mol. The molecule has 2 heteroatoms. The third-order valence-electron chi connectivity index (χ3n) is 2.11. The summed E-state index contributed by atoms with van der Waals surface area (Å²) >= 11 is 0. The Bertz CT molecular complexity index is 350. The fraction of sp³-hybridized carbons (Fsp3) is 0.545. The summed E-state index contributed by atoms with van der Waals surface area (Å²) in [5.41, 5.74) is 3.05. The molecule has 0 aromatic carbocycles. The zero-order chi connectivity index (χ0) is 10.0. The van der Waals surface area contributed by atoms with Gasteiger partial charge in [0.25, 0.3) is 5.56 Å². The van der Waals surface area contributed by atoms with Crippen molar-refractivity contribution in [2.75, 3.05) is 0 Å². The summed E-state index contributed by atoms with van der Waals surface area (Å²) in [5.74, 6) is 0.530. The highest BCUT2D eigenvalue weighted by molar-refractivity contribution is 5.25. The largest absolute Gasteiger partial charge is 0.326 e. The molecule has 13 heavy (non-hydrogen) atoms. The minimum absolute atomic E-state index is 0.0752. The molecule has 0 saturated heterocycles. The van der Waals surface area contributed by atoms with Crippen molar-refractivity contribution in [2.45, 2.75) is 34.1 Å². The molecule has 1 rings (SSSR count). The Balaban J connectivity index is 3.14. The van der Waals surface area contributed by atoms with E-state index in [-0.39, 0.29) is 5.56 Å². The van der Waals surface area contributed by atoms with Crippen LogP contribution < -0.4 is 5.56 Å². The van der Waals surface area contributed by atoms with Gasteiger partial charge in [-0.25, -0.2) is 0 Å². The second-order valence-electron chi connectivity index (χ2n) is 4.04. The Labute approximate surface area is 79.0 Å². The van der Waals surface area contributed by atoms with Crippen LogP contribution in [0.5, 0.6) is 0 Å². The van der Waals surface area contributed by atoms with E-state index in [1.807, 2.05) is 19.9 Å². The summed E-state index contributed by atoms with van der Waals surface area (Å²) in [7, 11) is 0. The Morgan fingerprint density at radius 3 is 2.46 bits per heavy atom. The topological polar surface area (TPSA) is 32.9 Å². The predicted octanol–water partition coefficient (Wildman–Crippen LogP) is 2.19. The van der Waals surface area contributed by atoms with E-state index < -0.39 is 0 Å². The standard InChI is InChI=1S/C11H17NO/c1-7(2)5-10-8(3)6-9(4)12-11(10)13/h6-7H,5H2,1-4H3,(H,12,13). The van der Waals surface area contributed by atoms with Gasteiger partial charge in [-0.15, -0.1) is 0 Å². The van der Waals surface area contributed by atoms with Gasteiger partial charge in [0, 0.05) is 11.3 Å². The number of aryl methyl sites for hydroxylation is 2. The quantitative estimate of drug-likeness (QED) is 0.741. The molecule has 0 saturated carbocycles. The van der Waals surface area contributed by atoms with Crippen molar-refractivity contribution in [3.8, 4) is 0 Å². The van der Waals surface area contributed by atoms with E-state index in [0.29, 0.717) is 5.92 Å². The second-order valence-corrected chi connectivity index (χ2v) is 4.04. The van der Waals surface area contributed by atoms with Gasteiger partial charge in [0.2, 0.25) is 0 Å². The van der Waals surface area contributed by atoms with Gasteiger partial charge >= 0.3 is 0 Å². The molecule has 1 aromatic heterocycles. The Morgan fingerprint density at radius 2 is 2.00 bits per heavy atom. The van der Waals surface area contributed by atoms with Gasteiger partial charge in [0.05, 0.1) is 0 Å². The highest BCUT2D eigenvalue weighted by Gasteiger charge is 2.06. The van der Waals surface area contributed by atoms with Crippen molar-refractivity contribution in [1.82, 2.24) is 4.98 Å². The van der Waals surface area contributed by atoms with Crippen LogP contribution in [0.3, 0.4) is 0 Å². The van der Waals surface area contributed by atoms with E-state index >= 15 is 0 Å². The van der Waals surface area contributed by atoms with Crippen LogP contribution in [0.4, 0.5) is 0 Å². The zero-order valence-corrected chi connectivity index (χ0v) is 8.77. The van der Waals surface area contributed by atoms with Crippen LogP contribution in [0, 0.1) is 19.8 Å². The Morgan fingerprint density at radius 1 is 1.38 bits per heavy atom. The molecule has 0 atom stereocenters. The number of pyridine rings is 1. The summed E-state index contributed by atoms with van der Waals surface area (Å²) in [6.07, 6.45) is 0.863. The van der Waals surface area contributed by atoms with Gasteiger partial charge in [-0.2, -0.15) is 0 Å². The van der Waals surface area contributed by atoms with Crippen LogP contribution in [0.1, 0.15) is 30.7 Å². The van der Waals surface area contributed by atoms with Crippen molar-refractivity contribution in [1.29, 1.82) is 0 Å². The summed E-state index contributed by atoms with van der Waals surface area (Å²) in [4.78, 5) is 14.4. The monoisotopic (exact) mass is 179 g/mol. The van der Waals surface area contributed by atoms with E-state index in [1.165, 1.54) is 0 Å². The number of H-pyrrole nitrogens is 1. The minimum atomic E-state index is 0.0752. The van der Waals surface area contributed by atoms with Gasteiger partial charge in [-0.3, -0.25) is 4.79 Å². The van der Waals surface area contributed by atoms with E-state index in [0.717, 1.165) is 23.2 Å². The molecule has 0 aliphatic rings. The molecule has 0 radical (unpaired) electrons. The van der Waals surface area contributed by atoms with Gasteiger partial charge in [0.1, 0.15) is 0 Å². The van der Waals surface area contributed by atoms with Crippen LogP contribution >= 0.6 is 0 Å². The third-order valence-corrected chi connectivity index (χ3v) is 2.11. The maximum atomic E-state index is 11.5. The molecule has 0 fully saturated rings. The number of aromatic amines is 1. The molecule has 1 N–H and O–H groups in total. The maximum absolute atomic E-state index is 11.5. The molecule has 0 unspecified atom stereocenters. The van der Waals surface area contributed by atoms with Crippen molar-refractivity contribution in [3.63, 3.8) is 0 Å². The highest BCUT2D eigenvalue weighted by atomic mass is 16.1. The number of nitrogens with one attached hydrogen (secondary N) is 1. The van der Waals surface area contributed by atoms with E-state index in [9.17, 15) is 4.79 Å². The van der Waals surface area contributed by atoms with E-state index in [2.05, 4.69) is 18.8 Å². The smallest absolute Gasteiger partial charge is 0.251 e. The summed E-state index contributed by atoms with van der Waals surface area (Å²) in [5, 5.41) is 0. The zero-order valence-electron chi connectivity index (χ0n) is 8.77. The summed E-state index contributed by atoms with van der Waals surface area (Å²) < 4.78 is 0. The molecule has 0 spiro atoms. The first-order valence-electron chi connectivity index (χ1n) is 4.70. The van der Waals surface area contributed by atoms with Gasteiger partial charge < -0.3 is 4.98 Å². The van der Waals surface area contributed by atoms with E-state index in [1.54, 1.807) is 0 Å². The molecular weight excluding hydrogens is 162 g/mol. The normalized spacial score (nSPS) is 10.8. The lowest BCUT2D eigenvalue weighted by molar-refractivity contribution is 0.639. The lowest BCUT2D eigenvalue weighted by atomic mass is 10.00. The molecular formula is C11H17NO. The molecule has 2 nitrogen and oxygen atoms in total. The average Bonchev–Trinajstić information content (AvgIpc) is 1.96. The number of rotatable bonds is 2. The van der Waals surface area contributed by atoms with Gasteiger partial charge in [-0.05, 0) is 37.8 Å². The SMILES string of the molecule is Cc1cc(C)c(CC(C)C)c(=O)[nH]1. The first-order valence-corrected chi connectivity index (χ1v) is 4.70. The average molecular weight is 179 g/mol. The van der Waals surface area contributed by atoms with Crippen LogP contribution in [-0.2, 0) is 6.42 Å². The van der Waals surface area contributed by atoms with Gasteiger partial charge in [0.15, 0.2) is 0 Å². The lowest BCUT2D eigenvalue weighted by Crippen LogP contribution is -2.17. The molecule has 0 amide bonds. The number of hydrogen-bond donors (Lipinski definition) is 1. The molecule has 0 bridgehead atoms. The minimum Gasteiger partial charge on any atom is -0.326 e.